The first-order valence-corrected chi connectivity index (χ1v) is 6.14. The van der Waals surface area contributed by atoms with Gasteiger partial charge in [-0.05, 0) is 25.9 Å². The second-order valence-corrected chi connectivity index (χ2v) is 5.03. The van der Waals surface area contributed by atoms with Crippen molar-refractivity contribution in [3.05, 3.63) is 0 Å². The largest absolute Gasteiger partial charge is 0.396 e. The zero-order valence-corrected chi connectivity index (χ0v) is 9.71. The molecule has 0 unspecified atom stereocenters. The van der Waals surface area contributed by atoms with Gasteiger partial charge in [-0.25, -0.2) is 0 Å². The van der Waals surface area contributed by atoms with Crippen LogP contribution < -0.4 is 5.32 Å². The van der Waals surface area contributed by atoms with Gasteiger partial charge in [0.1, 0.15) is 0 Å². The van der Waals surface area contributed by atoms with Crippen molar-refractivity contribution in [3.63, 3.8) is 0 Å². The van der Waals surface area contributed by atoms with Gasteiger partial charge in [-0.1, -0.05) is 0 Å². The van der Waals surface area contributed by atoms with E-state index in [1.54, 1.807) is 0 Å². The molecule has 2 saturated heterocycles. The van der Waals surface area contributed by atoms with Crippen molar-refractivity contribution in [1.29, 1.82) is 0 Å². The van der Waals surface area contributed by atoms with E-state index in [0.717, 1.165) is 25.9 Å². The van der Waals surface area contributed by atoms with Crippen LogP contribution >= 0.6 is 0 Å². The van der Waals surface area contributed by atoms with Crippen LogP contribution in [0.5, 0.6) is 0 Å². The Balaban J connectivity index is 1.98. The van der Waals surface area contributed by atoms with Crippen LogP contribution in [0.2, 0.25) is 0 Å². The Labute approximate surface area is 99.0 Å². The topological polar surface area (TPSA) is 35.5 Å². The predicted octanol–water partition coefficient (Wildman–Crippen LogP) is 0.841. The molecule has 2 aliphatic rings. The van der Waals surface area contributed by atoms with Crippen molar-refractivity contribution < 1.29 is 18.3 Å². The maximum Gasteiger partial charge on any atom is 0.393 e. The highest BCUT2D eigenvalue weighted by atomic mass is 19.4. The van der Waals surface area contributed by atoms with Crippen molar-refractivity contribution in [1.82, 2.24) is 10.2 Å². The summed E-state index contributed by atoms with van der Waals surface area (Å²) in [5.74, 6) is -2.01. The first-order chi connectivity index (χ1) is 8.02. The first-order valence-electron chi connectivity index (χ1n) is 6.14. The van der Waals surface area contributed by atoms with Crippen molar-refractivity contribution >= 4 is 0 Å². The van der Waals surface area contributed by atoms with E-state index in [0.29, 0.717) is 6.54 Å². The molecule has 2 aliphatic heterocycles. The molecule has 100 valence electrons. The lowest BCUT2D eigenvalue weighted by Gasteiger charge is -2.31. The van der Waals surface area contributed by atoms with Gasteiger partial charge in [0.15, 0.2) is 0 Å². The van der Waals surface area contributed by atoms with Crippen LogP contribution in [0.15, 0.2) is 0 Å². The fourth-order valence-electron chi connectivity index (χ4n) is 2.93. The Bertz CT molecular complexity index is 254. The van der Waals surface area contributed by atoms with Crippen molar-refractivity contribution in [2.24, 2.45) is 11.8 Å². The van der Waals surface area contributed by atoms with Crippen molar-refractivity contribution in [2.45, 2.75) is 25.1 Å². The van der Waals surface area contributed by atoms with Crippen LogP contribution in [0.25, 0.3) is 0 Å². The second kappa shape index (κ2) is 5.12. The molecule has 2 atom stereocenters. The zero-order chi connectivity index (χ0) is 12.5. The average Bonchev–Trinajstić information content (AvgIpc) is 2.74. The van der Waals surface area contributed by atoms with Gasteiger partial charge in [0.05, 0.1) is 5.92 Å². The summed E-state index contributed by atoms with van der Waals surface area (Å²) in [6.45, 7) is 1.82. The summed E-state index contributed by atoms with van der Waals surface area (Å²) in [4.78, 5) is 1.92. The summed E-state index contributed by atoms with van der Waals surface area (Å²) < 4.78 is 38.4. The van der Waals surface area contributed by atoms with E-state index in [2.05, 4.69) is 5.32 Å². The third-order valence-corrected chi connectivity index (χ3v) is 3.95. The Morgan fingerprint density at radius 3 is 2.29 bits per heavy atom. The molecule has 6 heteroatoms. The van der Waals surface area contributed by atoms with Gasteiger partial charge in [-0.3, -0.25) is 4.90 Å². The molecule has 2 heterocycles. The monoisotopic (exact) mass is 252 g/mol. The normalized spacial score (nSPS) is 33.2. The molecule has 0 aromatic carbocycles. The standard InChI is InChI=1S/C11H19F3N2O/c12-11(13,14)10-6-16(5-8(10)7-17)9-1-3-15-4-2-9/h8-10,15,17H,1-7H2/t8-,10+/m1/s1. The van der Waals surface area contributed by atoms with Gasteiger partial charge < -0.3 is 10.4 Å². The lowest BCUT2D eigenvalue weighted by atomic mass is 9.97. The SMILES string of the molecule is OC[C@H]1CN(C2CCNCC2)C[C@@H]1C(F)(F)F. The Morgan fingerprint density at radius 1 is 1.18 bits per heavy atom. The van der Waals surface area contributed by atoms with Gasteiger partial charge >= 0.3 is 6.18 Å². The minimum absolute atomic E-state index is 0.0550. The maximum absolute atomic E-state index is 12.8. The summed E-state index contributed by atoms with van der Waals surface area (Å²) in [7, 11) is 0. The van der Waals surface area contributed by atoms with Crippen molar-refractivity contribution in [2.75, 3.05) is 32.8 Å². The Morgan fingerprint density at radius 2 is 1.82 bits per heavy atom. The van der Waals surface area contributed by atoms with E-state index < -0.39 is 18.0 Å². The molecule has 0 amide bonds. The number of likely N-dealkylation sites (tertiary alicyclic amines) is 1. The molecule has 0 spiro atoms. The molecular weight excluding hydrogens is 233 g/mol. The molecule has 17 heavy (non-hydrogen) atoms. The van der Waals surface area contributed by atoms with Gasteiger partial charge in [-0.15, -0.1) is 0 Å². The molecule has 0 aliphatic carbocycles. The highest BCUT2D eigenvalue weighted by Crippen LogP contribution is 2.38. The Kier molecular flexibility index (Phi) is 3.95. The van der Waals surface area contributed by atoms with E-state index in [1.165, 1.54) is 0 Å². The van der Waals surface area contributed by atoms with E-state index in [4.69, 9.17) is 5.11 Å². The molecule has 3 nitrogen and oxygen atoms in total. The third kappa shape index (κ3) is 2.92. The van der Waals surface area contributed by atoms with Crippen LogP contribution in [0.4, 0.5) is 13.2 Å². The number of aliphatic hydroxyl groups is 1. The molecule has 2 N–H and O–H groups in total. The van der Waals surface area contributed by atoms with Gasteiger partial charge in [-0.2, -0.15) is 13.2 Å². The lowest BCUT2D eigenvalue weighted by Crippen LogP contribution is -2.42. The number of rotatable bonds is 2. The van der Waals surface area contributed by atoms with Gasteiger partial charge in [0.2, 0.25) is 0 Å². The third-order valence-electron chi connectivity index (χ3n) is 3.95. The highest BCUT2D eigenvalue weighted by molar-refractivity contribution is 4.92. The molecule has 0 bridgehead atoms. The second-order valence-electron chi connectivity index (χ2n) is 5.03. The maximum atomic E-state index is 12.8. The molecule has 2 rings (SSSR count). The van der Waals surface area contributed by atoms with Crippen molar-refractivity contribution in [3.8, 4) is 0 Å². The number of nitrogens with one attached hydrogen (secondary N) is 1. The summed E-state index contributed by atoms with van der Waals surface area (Å²) in [5, 5.41) is 12.3. The minimum atomic E-state index is -4.19. The molecule has 0 aromatic heterocycles. The molecule has 0 radical (unpaired) electrons. The van der Waals surface area contributed by atoms with Gasteiger partial charge in [0.25, 0.3) is 0 Å². The Hall–Kier alpha value is -0.330. The van der Waals surface area contributed by atoms with Crippen LogP contribution in [0.1, 0.15) is 12.8 Å². The van der Waals surface area contributed by atoms with Crippen LogP contribution in [0.3, 0.4) is 0 Å². The van der Waals surface area contributed by atoms with E-state index in [-0.39, 0.29) is 19.2 Å². The lowest BCUT2D eigenvalue weighted by molar-refractivity contribution is -0.183. The summed E-state index contributed by atoms with van der Waals surface area (Å²) in [6, 6.07) is 0.248. The quantitative estimate of drug-likeness (QED) is 0.764. The molecule has 0 aromatic rings. The number of hydrogen-bond donors (Lipinski definition) is 2. The van der Waals surface area contributed by atoms with Gasteiger partial charge in [0, 0.05) is 31.7 Å². The number of halogens is 3. The summed E-state index contributed by atoms with van der Waals surface area (Å²) in [6.07, 6.45) is -2.37. The zero-order valence-electron chi connectivity index (χ0n) is 9.71. The fraction of sp³-hybridized carbons (Fsp3) is 1.00. The number of aliphatic hydroxyl groups excluding tert-OH is 1. The summed E-state index contributed by atoms with van der Waals surface area (Å²) >= 11 is 0. The van der Waals surface area contributed by atoms with E-state index in [9.17, 15) is 13.2 Å². The smallest absolute Gasteiger partial charge is 0.393 e. The molecule has 2 fully saturated rings. The predicted molar refractivity (Wildman–Crippen MR) is 57.6 cm³/mol. The summed E-state index contributed by atoms with van der Waals surface area (Å²) in [5.41, 5.74) is 0. The number of nitrogens with zero attached hydrogens (tertiary/aromatic N) is 1. The molecular formula is C11H19F3N2O. The van der Waals surface area contributed by atoms with E-state index in [1.807, 2.05) is 4.90 Å². The molecule has 0 saturated carbocycles. The average molecular weight is 252 g/mol. The van der Waals surface area contributed by atoms with Crippen LogP contribution in [-0.2, 0) is 0 Å². The van der Waals surface area contributed by atoms with Crippen LogP contribution in [0, 0.1) is 11.8 Å². The minimum Gasteiger partial charge on any atom is -0.396 e. The first kappa shape index (κ1) is 13.1. The fourth-order valence-corrected chi connectivity index (χ4v) is 2.93. The van der Waals surface area contributed by atoms with Crippen LogP contribution in [-0.4, -0.2) is 55.0 Å². The number of hydrogen-bond acceptors (Lipinski definition) is 3. The highest BCUT2D eigenvalue weighted by Gasteiger charge is 2.50. The van der Waals surface area contributed by atoms with E-state index >= 15 is 0 Å². The number of alkyl halides is 3. The number of piperidine rings is 1.